The van der Waals surface area contributed by atoms with Crippen molar-refractivity contribution in [1.82, 2.24) is 0 Å². The Labute approximate surface area is 174 Å². The molecule has 0 spiro atoms. The third-order valence-electron chi connectivity index (χ3n) is 5.34. The molecule has 1 aromatic carbocycles. The Kier molecular flexibility index (Phi) is 11.6. The molecule has 0 radical (unpaired) electrons. The van der Waals surface area contributed by atoms with E-state index in [1.165, 1.54) is 25.7 Å². The second kappa shape index (κ2) is 12.8. The van der Waals surface area contributed by atoms with Crippen molar-refractivity contribution in [2.45, 2.75) is 91.9 Å². The average Bonchev–Trinajstić information content (AvgIpc) is 2.61. The number of benzene rings is 1. The molecule has 0 aliphatic carbocycles. The van der Waals surface area contributed by atoms with E-state index in [9.17, 15) is 9.79 Å². The molecule has 4 heteroatoms. The van der Waals surface area contributed by atoms with E-state index in [1.54, 1.807) is 0 Å². The molecule has 0 amide bonds. The molecule has 0 unspecified atom stereocenters. The maximum absolute atomic E-state index is 11.3. The molecule has 0 aromatic heterocycles. The van der Waals surface area contributed by atoms with Gasteiger partial charge in [0.25, 0.3) is 0 Å². The zero-order chi connectivity index (χ0) is 20.9. The van der Waals surface area contributed by atoms with Crippen LogP contribution in [0.5, 0.6) is 5.75 Å². The van der Waals surface area contributed by atoms with Crippen molar-refractivity contribution in [1.29, 1.82) is 0 Å². The van der Waals surface area contributed by atoms with Crippen LogP contribution in [0.2, 0.25) is 0 Å². The second-order valence-electron chi connectivity index (χ2n) is 9.35. The van der Waals surface area contributed by atoms with Crippen LogP contribution in [0.1, 0.15) is 91.9 Å². The molecular formula is C24H45O3P. The van der Waals surface area contributed by atoms with Crippen LogP contribution in [0.3, 0.4) is 0 Å². The Bertz CT molecular complexity index is 490. The van der Waals surface area contributed by atoms with Crippen molar-refractivity contribution >= 4 is 7.28 Å². The number of rotatable bonds is 16. The average molecular weight is 413 g/mol. The maximum atomic E-state index is 11.3. The standard InChI is InChI=1S/C24H45O3P/c1-22(2)16-10-5-7-14-20-28(25,26,27-24-18-12-9-13-19-24)21-15-8-6-11-17-23(3)4/h9,12-13,18-19,22-23,25-26H,5-8,10-11,14-17,20-21H2,1-4H3. The predicted octanol–water partition coefficient (Wildman–Crippen LogP) is 7.56. The normalized spacial score (nSPS) is 13.6. The summed E-state index contributed by atoms with van der Waals surface area (Å²) in [6, 6.07) is 9.31. The molecule has 0 saturated heterocycles. The first kappa shape index (κ1) is 25.4. The Hall–Kier alpha value is -0.630. The van der Waals surface area contributed by atoms with Crippen molar-refractivity contribution in [3.05, 3.63) is 30.3 Å². The van der Waals surface area contributed by atoms with Crippen molar-refractivity contribution < 1.29 is 14.3 Å². The summed E-state index contributed by atoms with van der Waals surface area (Å²) in [6.07, 6.45) is 11.7. The first-order chi connectivity index (χ1) is 13.2. The molecule has 3 nitrogen and oxygen atoms in total. The van der Waals surface area contributed by atoms with Gasteiger partial charge in [-0.25, -0.2) is 0 Å². The topological polar surface area (TPSA) is 49.7 Å². The van der Waals surface area contributed by atoms with Crippen molar-refractivity contribution in [3.8, 4) is 5.75 Å². The van der Waals surface area contributed by atoms with Gasteiger partial charge in [0.05, 0.1) is 0 Å². The fourth-order valence-corrected chi connectivity index (χ4v) is 6.33. The van der Waals surface area contributed by atoms with Crippen LogP contribution in [0.15, 0.2) is 30.3 Å². The van der Waals surface area contributed by atoms with Gasteiger partial charge in [0, 0.05) is 0 Å². The first-order valence-corrected chi connectivity index (χ1v) is 13.9. The minimum atomic E-state index is -4.14. The van der Waals surface area contributed by atoms with E-state index in [-0.39, 0.29) is 0 Å². The summed E-state index contributed by atoms with van der Waals surface area (Å²) in [5, 5.41) is 0. The van der Waals surface area contributed by atoms with E-state index in [1.807, 2.05) is 30.3 Å². The molecule has 2 N–H and O–H groups in total. The number of hydrogen-bond acceptors (Lipinski definition) is 3. The molecule has 164 valence electrons. The van der Waals surface area contributed by atoms with Gasteiger partial charge in [0.1, 0.15) is 0 Å². The molecular weight excluding hydrogens is 367 g/mol. The van der Waals surface area contributed by atoms with Crippen LogP contribution in [-0.4, -0.2) is 22.1 Å². The molecule has 0 aliphatic heterocycles. The van der Waals surface area contributed by atoms with Gasteiger partial charge in [-0.15, -0.1) is 0 Å². The van der Waals surface area contributed by atoms with Crippen LogP contribution in [0.25, 0.3) is 0 Å². The monoisotopic (exact) mass is 412 g/mol. The van der Waals surface area contributed by atoms with E-state index >= 15 is 0 Å². The van der Waals surface area contributed by atoms with Crippen molar-refractivity contribution in [2.75, 3.05) is 12.3 Å². The van der Waals surface area contributed by atoms with Crippen LogP contribution in [0, 0.1) is 11.8 Å². The Morgan fingerprint density at radius 1 is 0.679 bits per heavy atom. The first-order valence-electron chi connectivity index (χ1n) is 11.5. The summed E-state index contributed by atoms with van der Waals surface area (Å²) in [5.41, 5.74) is 0. The fourth-order valence-electron chi connectivity index (χ4n) is 3.60. The van der Waals surface area contributed by atoms with Gasteiger partial charge in [-0.2, -0.15) is 0 Å². The minimum absolute atomic E-state index is 0.383. The molecule has 28 heavy (non-hydrogen) atoms. The molecule has 1 aromatic rings. The van der Waals surface area contributed by atoms with Gasteiger partial charge in [0.15, 0.2) is 0 Å². The Morgan fingerprint density at radius 2 is 1.11 bits per heavy atom. The second-order valence-corrected chi connectivity index (χ2v) is 13.0. The van der Waals surface area contributed by atoms with E-state index in [2.05, 4.69) is 27.7 Å². The van der Waals surface area contributed by atoms with Gasteiger partial charge in [-0.3, -0.25) is 0 Å². The third kappa shape index (κ3) is 12.0. The molecule has 0 saturated carbocycles. The number of para-hydroxylation sites is 1. The van der Waals surface area contributed by atoms with Gasteiger partial charge in [-0.05, 0) is 0 Å². The molecule has 0 atom stereocenters. The van der Waals surface area contributed by atoms with Crippen molar-refractivity contribution in [3.63, 3.8) is 0 Å². The Morgan fingerprint density at radius 3 is 1.54 bits per heavy atom. The van der Waals surface area contributed by atoms with Gasteiger partial charge in [-0.1, -0.05) is 0 Å². The van der Waals surface area contributed by atoms with E-state index in [4.69, 9.17) is 4.52 Å². The summed E-state index contributed by atoms with van der Waals surface area (Å²) in [4.78, 5) is 22.6. The van der Waals surface area contributed by atoms with Crippen molar-refractivity contribution in [2.24, 2.45) is 11.8 Å². The molecule has 0 heterocycles. The predicted molar refractivity (Wildman–Crippen MR) is 124 cm³/mol. The molecule has 0 fully saturated rings. The van der Waals surface area contributed by atoms with Crippen LogP contribution in [-0.2, 0) is 0 Å². The van der Waals surface area contributed by atoms with E-state index < -0.39 is 7.28 Å². The van der Waals surface area contributed by atoms with Gasteiger partial charge < -0.3 is 0 Å². The SMILES string of the molecule is CC(C)CCCCCCP(O)(O)(CCCCCCC(C)C)Oc1ccccc1. The van der Waals surface area contributed by atoms with E-state index in [0.717, 1.165) is 50.4 Å². The fraction of sp³-hybridized carbons (Fsp3) is 0.750. The van der Waals surface area contributed by atoms with Crippen LogP contribution in [0.4, 0.5) is 0 Å². The summed E-state index contributed by atoms with van der Waals surface area (Å²) >= 11 is 0. The zero-order valence-corrected chi connectivity index (χ0v) is 19.7. The summed E-state index contributed by atoms with van der Waals surface area (Å²) < 4.78 is 5.92. The summed E-state index contributed by atoms with van der Waals surface area (Å²) in [6.45, 7) is 9.01. The van der Waals surface area contributed by atoms with E-state index in [0.29, 0.717) is 18.1 Å². The number of hydrogen-bond donors (Lipinski definition) is 2. The third-order valence-corrected chi connectivity index (χ3v) is 8.40. The Balaban J connectivity index is 2.53. The van der Waals surface area contributed by atoms with Gasteiger partial charge in [0.2, 0.25) is 0 Å². The quantitative estimate of drug-likeness (QED) is 0.217. The molecule has 1 rings (SSSR count). The van der Waals surface area contributed by atoms with Gasteiger partial charge >= 0.3 is 174 Å². The zero-order valence-electron chi connectivity index (χ0n) is 18.8. The summed E-state index contributed by atoms with van der Waals surface area (Å²) in [7, 11) is -4.14. The molecule has 0 aliphatic rings. The van der Waals surface area contributed by atoms with Crippen LogP contribution >= 0.6 is 7.28 Å². The molecule has 0 bridgehead atoms. The van der Waals surface area contributed by atoms with Crippen LogP contribution < -0.4 is 4.52 Å². The summed E-state index contributed by atoms with van der Waals surface area (Å²) in [5.74, 6) is 2.06. The number of unbranched alkanes of at least 4 members (excludes halogenated alkanes) is 6.